The molecule has 1 saturated heterocycles. The Morgan fingerprint density at radius 3 is 2.79 bits per heavy atom. The van der Waals surface area contributed by atoms with Crippen LogP contribution in [0.1, 0.15) is 12.0 Å². The fourth-order valence-corrected chi connectivity index (χ4v) is 2.41. The van der Waals surface area contributed by atoms with Crippen molar-refractivity contribution in [3.8, 4) is 0 Å². The van der Waals surface area contributed by atoms with Crippen LogP contribution in [0.4, 0.5) is 20.2 Å². The predicted molar refractivity (Wildman–Crippen MR) is 85.1 cm³/mol. The smallest absolute Gasteiger partial charge is 0.265 e. The third-order valence-corrected chi connectivity index (χ3v) is 3.71. The highest BCUT2D eigenvalue weighted by atomic mass is 19.3. The van der Waals surface area contributed by atoms with Crippen LogP contribution in [0.25, 0.3) is 0 Å². The van der Waals surface area contributed by atoms with Crippen molar-refractivity contribution in [2.24, 2.45) is 5.73 Å². The molecule has 0 aromatic heterocycles. The Labute approximate surface area is 138 Å². The second kappa shape index (κ2) is 8.13. The summed E-state index contributed by atoms with van der Waals surface area (Å²) >= 11 is 0. The number of hydrogen-bond acceptors (Lipinski definition) is 5. The van der Waals surface area contributed by atoms with E-state index in [2.05, 4.69) is 10.6 Å². The van der Waals surface area contributed by atoms with Crippen LogP contribution in [-0.2, 0) is 14.3 Å². The molecule has 0 saturated carbocycles. The zero-order valence-electron chi connectivity index (χ0n) is 13.2. The van der Waals surface area contributed by atoms with Crippen LogP contribution in [0.3, 0.4) is 0 Å². The van der Waals surface area contributed by atoms with Gasteiger partial charge in [-0.3, -0.25) is 9.59 Å². The number of nitrogens with zero attached hydrogens (tertiary/aromatic N) is 1. The number of alkyl halides is 2. The van der Waals surface area contributed by atoms with Gasteiger partial charge in [0.05, 0.1) is 18.3 Å². The second-order valence-corrected chi connectivity index (χ2v) is 5.24. The summed E-state index contributed by atoms with van der Waals surface area (Å²) in [5, 5.41) is 5.26. The minimum Gasteiger partial charge on any atom is -0.370 e. The van der Waals surface area contributed by atoms with Crippen molar-refractivity contribution in [2.75, 3.05) is 43.6 Å². The lowest BCUT2D eigenvalue weighted by Crippen LogP contribution is -2.44. The number of nitrogens with one attached hydrogen (secondary N) is 2. The molecule has 1 aromatic carbocycles. The Morgan fingerprint density at radius 2 is 2.21 bits per heavy atom. The van der Waals surface area contributed by atoms with Crippen LogP contribution in [-0.4, -0.2) is 51.2 Å². The number of hydrogen-bond donors (Lipinski definition) is 3. The van der Waals surface area contributed by atoms with Crippen molar-refractivity contribution in [1.29, 1.82) is 0 Å². The SMILES string of the molecule is CN[C@H](CN)C(=O)Nc1ccc(N2CCOCC2=O)c(C(F)F)c1. The zero-order chi connectivity index (χ0) is 17.7. The molecule has 4 N–H and O–H groups in total. The molecule has 2 amide bonds. The van der Waals surface area contributed by atoms with E-state index in [0.29, 0.717) is 0 Å². The topological polar surface area (TPSA) is 96.7 Å². The first kappa shape index (κ1) is 18.2. The van der Waals surface area contributed by atoms with Crippen molar-refractivity contribution in [1.82, 2.24) is 5.32 Å². The van der Waals surface area contributed by atoms with E-state index in [1.165, 1.54) is 23.1 Å². The average Bonchev–Trinajstić information content (AvgIpc) is 2.56. The molecule has 1 atom stereocenters. The molecule has 1 aliphatic rings. The second-order valence-electron chi connectivity index (χ2n) is 5.24. The van der Waals surface area contributed by atoms with Gasteiger partial charge in [-0.05, 0) is 25.2 Å². The molecular weight excluding hydrogens is 322 g/mol. The van der Waals surface area contributed by atoms with Crippen LogP contribution in [0.15, 0.2) is 18.2 Å². The van der Waals surface area contributed by atoms with E-state index in [1.54, 1.807) is 7.05 Å². The van der Waals surface area contributed by atoms with E-state index < -0.39 is 18.4 Å². The van der Waals surface area contributed by atoms with Crippen LogP contribution in [0.2, 0.25) is 0 Å². The minimum absolute atomic E-state index is 0.0738. The van der Waals surface area contributed by atoms with Gasteiger partial charge >= 0.3 is 0 Å². The van der Waals surface area contributed by atoms with Gasteiger partial charge in [-0.25, -0.2) is 8.78 Å². The van der Waals surface area contributed by atoms with Crippen molar-refractivity contribution in [2.45, 2.75) is 12.5 Å². The third-order valence-electron chi connectivity index (χ3n) is 3.71. The summed E-state index contributed by atoms with van der Waals surface area (Å²) in [5.74, 6) is -0.797. The van der Waals surface area contributed by atoms with Crippen LogP contribution in [0, 0.1) is 0 Å². The van der Waals surface area contributed by atoms with Crippen LogP contribution >= 0.6 is 0 Å². The lowest BCUT2D eigenvalue weighted by Gasteiger charge is -2.29. The number of benzene rings is 1. The maximum absolute atomic E-state index is 13.4. The van der Waals surface area contributed by atoms with E-state index in [4.69, 9.17) is 10.5 Å². The Hall–Kier alpha value is -2.10. The number of rotatable bonds is 6. The van der Waals surface area contributed by atoms with Crippen molar-refractivity contribution >= 4 is 23.2 Å². The van der Waals surface area contributed by atoms with E-state index in [9.17, 15) is 18.4 Å². The minimum atomic E-state index is -2.79. The summed E-state index contributed by atoms with van der Waals surface area (Å²) in [7, 11) is 1.58. The van der Waals surface area contributed by atoms with Gasteiger partial charge in [0.2, 0.25) is 5.91 Å². The number of ether oxygens (including phenoxy) is 1. The molecule has 24 heavy (non-hydrogen) atoms. The van der Waals surface area contributed by atoms with Gasteiger partial charge in [0, 0.05) is 24.3 Å². The maximum atomic E-state index is 13.4. The molecule has 132 valence electrons. The normalized spacial score (nSPS) is 16.4. The predicted octanol–water partition coefficient (Wildman–Crippen LogP) is 0.473. The summed E-state index contributed by atoms with van der Waals surface area (Å²) in [6.07, 6.45) is -2.79. The molecular formula is C15H20F2N4O3. The summed E-state index contributed by atoms with van der Waals surface area (Å²) in [4.78, 5) is 25.1. The molecule has 0 bridgehead atoms. The zero-order valence-corrected chi connectivity index (χ0v) is 13.2. The highest BCUT2D eigenvalue weighted by Gasteiger charge is 2.26. The molecule has 2 rings (SSSR count). The standard InChI is InChI=1S/C15H20F2N4O3/c1-19-11(7-18)15(23)20-9-2-3-12(10(6-9)14(16)17)21-4-5-24-8-13(21)22/h2-3,6,11,14,19H,4-5,7-8,18H2,1H3,(H,20,23)/t11-/m1/s1. The van der Waals surface area contributed by atoms with Gasteiger partial charge in [0.25, 0.3) is 12.3 Å². The fraction of sp³-hybridized carbons (Fsp3) is 0.467. The maximum Gasteiger partial charge on any atom is 0.265 e. The Kier molecular flexibility index (Phi) is 6.18. The molecule has 0 aliphatic carbocycles. The number of morpholine rings is 1. The quantitative estimate of drug-likeness (QED) is 0.698. The molecule has 1 fully saturated rings. The van der Waals surface area contributed by atoms with E-state index >= 15 is 0 Å². The van der Waals surface area contributed by atoms with Crippen molar-refractivity contribution in [3.63, 3.8) is 0 Å². The largest absolute Gasteiger partial charge is 0.370 e. The Bertz CT molecular complexity index is 608. The lowest BCUT2D eigenvalue weighted by molar-refractivity contribution is -0.125. The molecule has 1 aliphatic heterocycles. The molecule has 0 spiro atoms. The molecule has 9 heteroatoms. The Morgan fingerprint density at radius 1 is 1.46 bits per heavy atom. The van der Waals surface area contributed by atoms with Gasteiger partial charge in [-0.1, -0.05) is 0 Å². The highest BCUT2D eigenvalue weighted by Crippen LogP contribution is 2.33. The number of carbonyl (C=O) groups excluding carboxylic acids is 2. The van der Waals surface area contributed by atoms with Crippen LogP contribution < -0.4 is 21.3 Å². The van der Waals surface area contributed by atoms with Gasteiger partial charge < -0.3 is 26.0 Å². The first-order valence-electron chi connectivity index (χ1n) is 7.46. The van der Waals surface area contributed by atoms with E-state index in [-0.39, 0.29) is 49.1 Å². The number of anilines is 2. The number of nitrogens with two attached hydrogens (primary N) is 1. The van der Waals surface area contributed by atoms with Gasteiger partial charge in [0.1, 0.15) is 6.61 Å². The van der Waals surface area contributed by atoms with Gasteiger partial charge in [0.15, 0.2) is 0 Å². The van der Waals surface area contributed by atoms with Crippen molar-refractivity contribution < 1.29 is 23.1 Å². The lowest BCUT2D eigenvalue weighted by atomic mass is 10.1. The average molecular weight is 342 g/mol. The summed E-state index contributed by atoms with van der Waals surface area (Å²) in [5.41, 5.74) is 5.47. The number of likely N-dealkylation sites (N-methyl/N-ethyl adjacent to an activating group) is 1. The third kappa shape index (κ3) is 4.05. The van der Waals surface area contributed by atoms with E-state index in [1.807, 2.05) is 0 Å². The fourth-order valence-electron chi connectivity index (χ4n) is 2.41. The Balaban J connectivity index is 2.26. The van der Waals surface area contributed by atoms with E-state index in [0.717, 1.165) is 0 Å². The van der Waals surface area contributed by atoms with Gasteiger partial charge in [-0.2, -0.15) is 0 Å². The number of carbonyl (C=O) groups is 2. The molecule has 0 unspecified atom stereocenters. The highest BCUT2D eigenvalue weighted by molar-refractivity contribution is 5.97. The summed E-state index contributed by atoms with van der Waals surface area (Å²) in [6, 6.07) is 3.42. The monoisotopic (exact) mass is 342 g/mol. The first-order chi connectivity index (χ1) is 11.5. The number of halogens is 2. The molecule has 1 heterocycles. The summed E-state index contributed by atoms with van der Waals surface area (Å²) in [6.45, 7) is 0.429. The molecule has 7 nitrogen and oxygen atoms in total. The van der Waals surface area contributed by atoms with Crippen molar-refractivity contribution in [3.05, 3.63) is 23.8 Å². The van der Waals surface area contributed by atoms with Crippen LogP contribution in [0.5, 0.6) is 0 Å². The number of amides is 2. The molecule has 1 aromatic rings. The van der Waals surface area contributed by atoms with Gasteiger partial charge in [-0.15, -0.1) is 0 Å². The summed E-state index contributed by atoms with van der Waals surface area (Å²) < 4.78 is 31.8. The molecule has 0 radical (unpaired) electrons. The first-order valence-corrected chi connectivity index (χ1v) is 7.46.